The fourth-order valence-electron chi connectivity index (χ4n) is 2.72. The number of rotatable bonds is 8. The molecule has 1 aliphatic rings. The van der Waals surface area contributed by atoms with Gasteiger partial charge in [0.2, 0.25) is 0 Å². The predicted octanol–water partition coefficient (Wildman–Crippen LogP) is 2.51. The van der Waals surface area contributed by atoms with Crippen LogP contribution in [0.2, 0.25) is 0 Å². The van der Waals surface area contributed by atoms with Gasteiger partial charge in [-0.25, -0.2) is 0 Å². The van der Waals surface area contributed by atoms with E-state index in [4.69, 9.17) is 4.74 Å². The van der Waals surface area contributed by atoms with Crippen molar-refractivity contribution in [2.24, 2.45) is 5.92 Å². The lowest BCUT2D eigenvalue weighted by molar-refractivity contribution is 0.0122. The van der Waals surface area contributed by atoms with Gasteiger partial charge in [-0.3, -0.25) is 0 Å². The van der Waals surface area contributed by atoms with Gasteiger partial charge in [-0.2, -0.15) is 0 Å². The van der Waals surface area contributed by atoms with Crippen molar-refractivity contribution in [2.45, 2.75) is 59.0 Å². The van der Waals surface area contributed by atoms with Crippen molar-refractivity contribution in [2.75, 3.05) is 32.8 Å². The third-order valence-electron chi connectivity index (χ3n) is 3.84. The molecule has 0 saturated carbocycles. The van der Waals surface area contributed by atoms with Gasteiger partial charge in [0.1, 0.15) is 0 Å². The van der Waals surface area contributed by atoms with Crippen LogP contribution in [0.15, 0.2) is 0 Å². The Hall–Kier alpha value is -0.120. The van der Waals surface area contributed by atoms with Crippen molar-refractivity contribution >= 4 is 0 Å². The van der Waals surface area contributed by atoms with E-state index >= 15 is 0 Å². The molecule has 0 amide bonds. The van der Waals surface area contributed by atoms with Gasteiger partial charge in [0.15, 0.2) is 0 Å². The molecule has 0 spiro atoms. The molecule has 0 aliphatic carbocycles. The molecule has 0 radical (unpaired) electrons. The molecule has 0 aromatic rings. The van der Waals surface area contributed by atoms with Crippen molar-refractivity contribution in [3.8, 4) is 0 Å². The molecule has 1 fully saturated rings. The number of ether oxygens (including phenoxy) is 1. The van der Waals surface area contributed by atoms with E-state index in [1.54, 1.807) is 0 Å². The minimum atomic E-state index is 0.638. The second kappa shape index (κ2) is 8.89. The van der Waals surface area contributed by atoms with Crippen LogP contribution < -0.4 is 5.32 Å². The van der Waals surface area contributed by atoms with E-state index in [-0.39, 0.29) is 0 Å². The first-order valence-electron chi connectivity index (χ1n) is 7.74. The van der Waals surface area contributed by atoms with Crippen LogP contribution in [0.3, 0.4) is 0 Å². The van der Waals surface area contributed by atoms with Gasteiger partial charge in [-0.1, -0.05) is 13.8 Å². The number of hydrogen-bond donors (Lipinski definition) is 1. The van der Waals surface area contributed by atoms with Gasteiger partial charge in [0.05, 0.1) is 6.61 Å². The van der Waals surface area contributed by atoms with Crippen molar-refractivity contribution < 1.29 is 4.74 Å². The van der Waals surface area contributed by atoms with Gasteiger partial charge in [-0.15, -0.1) is 0 Å². The molecule has 2 atom stereocenters. The number of nitrogens with one attached hydrogen (secondary N) is 1. The van der Waals surface area contributed by atoms with E-state index in [0.717, 1.165) is 19.8 Å². The Bertz CT molecular complexity index is 209. The fraction of sp³-hybridized carbons (Fsp3) is 1.00. The Labute approximate surface area is 113 Å². The molecule has 108 valence electrons. The van der Waals surface area contributed by atoms with Gasteiger partial charge in [-0.05, 0) is 46.2 Å². The fourth-order valence-corrected chi connectivity index (χ4v) is 2.72. The Morgan fingerprint density at radius 3 is 2.67 bits per heavy atom. The first-order chi connectivity index (χ1) is 8.69. The third-order valence-corrected chi connectivity index (χ3v) is 3.84. The summed E-state index contributed by atoms with van der Waals surface area (Å²) in [6.07, 6.45) is 3.62. The zero-order valence-electron chi connectivity index (χ0n) is 12.7. The van der Waals surface area contributed by atoms with E-state index in [0.29, 0.717) is 18.0 Å². The standard InChI is InChI=1S/C15H32N2O/c1-5-8-16-15-7-10-18-12-14(15)11-17(9-6-2)13(3)4/h13-16H,5-12H2,1-4H3. The van der Waals surface area contributed by atoms with Crippen LogP contribution in [0.5, 0.6) is 0 Å². The lowest BCUT2D eigenvalue weighted by Gasteiger charge is -2.37. The summed E-state index contributed by atoms with van der Waals surface area (Å²) in [7, 11) is 0. The highest BCUT2D eigenvalue weighted by Gasteiger charge is 2.27. The van der Waals surface area contributed by atoms with Crippen LogP contribution in [-0.2, 0) is 4.74 Å². The lowest BCUT2D eigenvalue weighted by atomic mass is 9.94. The highest BCUT2D eigenvalue weighted by molar-refractivity contribution is 4.82. The van der Waals surface area contributed by atoms with Crippen LogP contribution in [0.1, 0.15) is 47.0 Å². The first kappa shape index (κ1) is 15.9. The highest BCUT2D eigenvalue weighted by atomic mass is 16.5. The van der Waals surface area contributed by atoms with E-state index in [2.05, 4.69) is 37.9 Å². The van der Waals surface area contributed by atoms with Crippen LogP contribution >= 0.6 is 0 Å². The largest absolute Gasteiger partial charge is 0.381 e. The molecule has 1 saturated heterocycles. The van der Waals surface area contributed by atoms with Gasteiger partial charge < -0.3 is 15.0 Å². The second-order valence-electron chi connectivity index (χ2n) is 5.77. The smallest absolute Gasteiger partial charge is 0.0521 e. The number of hydrogen-bond acceptors (Lipinski definition) is 3. The molecular weight excluding hydrogens is 224 g/mol. The van der Waals surface area contributed by atoms with Crippen LogP contribution in [-0.4, -0.2) is 49.8 Å². The molecule has 2 unspecified atom stereocenters. The maximum atomic E-state index is 5.68. The maximum absolute atomic E-state index is 5.68. The second-order valence-corrected chi connectivity index (χ2v) is 5.77. The summed E-state index contributed by atoms with van der Waals surface area (Å²) in [5.41, 5.74) is 0. The SMILES string of the molecule is CCCNC1CCOCC1CN(CCC)C(C)C. The highest BCUT2D eigenvalue weighted by Crippen LogP contribution is 2.17. The van der Waals surface area contributed by atoms with E-state index in [9.17, 15) is 0 Å². The van der Waals surface area contributed by atoms with E-state index in [1.807, 2.05) is 0 Å². The van der Waals surface area contributed by atoms with E-state index < -0.39 is 0 Å². The van der Waals surface area contributed by atoms with Crippen LogP contribution in [0, 0.1) is 5.92 Å². The van der Waals surface area contributed by atoms with Crippen molar-refractivity contribution in [3.63, 3.8) is 0 Å². The Kier molecular flexibility index (Phi) is 7.87. The molecule has 3 nitrogen and oxygen atoms in total. The normalized spacial score (nSPS) is 25.0. The topological polar surface area (TPSA) is 24.5 Å². The van der Waals surface area contributed by atoms with E-state index in [1.165, 1.54) is 32.4 Å². The average molecular weight is 256 g/mol. The van der Waals surface area contributed by atoms with Crippen molar-refractivity contribution in [1.82, 2.24) is 10.2 Å². The van der Waals surface area contributed by atoms with Crippen LogP contribution in [0.25, 0.3) is 0 Å². The minimum Gasteiger partial charge on any atom is -0.381 e. The Morgan fingerprint density at radius 2 is 2.06 bits per heavy atom. The molecule has 3 heteroatoms. The zero-order valence-corrected chi connectivity index (χ0v) is 12.7. The van der Waals surface area contributed by atoms with Gasteiger partial charge >= 0.3 is 0 Å². The van der Waals surface area contributed by atoms with Crippen molar-refractivity contribution in [1.29, 1.82) is 0 Å². The molecule has 1 aliphatic heterocycles. The third kappa shape index (κ3) is 5.25. The Balaban J connectivity index is 2.48. The number of nitrogens with zero attached hydrogens (tertiary/aromatic N) is 1. The molecule has 1 rings (SSSR count). The Morgan fingerprint density at radius 1 is 1.28 bits per heavy atom. The molecule has 1 N–H and O–H groups in total. The summed E-state index contributed by atoms with van der Waals surface area (Å²) in [6, 6.07) is 1.29. The summed E-state index contributed by atoms with van der Waals surface area (Å²) in [6.45, 7) is 14.5. The summed E-state index contributed by atoms with van der Waals surface area (Å²) in [5.74, 6) is 0.652. The van der Waals surface area contributed by atoms with Crippen molar-refractivity contribution in [3.05, 3.63) is 0 Å². The summed E-state index contributed by atoms with van der Waals surface area (Å²) < 4.78 is 5.68. The zero-order chi connectivity index (χ0) is 13.4. The summed E-state index contributed by atoms with van der Waals surface area (Å²) in [4.78, 5) is 2.60. The molecule has 18 heavy (non-hydrogen) atoms. The molecule has 0 aromatic heterocycles. The van der Waals surface area contributed by atoms with Gasteiger partial charge in [0, 0.05) is 31.2 Å². The summed E-state index contributed by atoms with van der Waals surface area (Å²) in [5, 5.41) is 3.70. The predicted molar refractivity (Wildman–Crippen MR) is 78.0 cm³/mol. The van der Waals surface area contributed by atoms with Crippen LogP contribution in [0.4, 0.5) is 0 Å². The van der Waals surface area contributed by atoms with Gasteiger partial charge in [0.25, 0.3) is 0 Å². The molecular formula is C15H32N2O. The molecule has 1 heterocycles. The quantitative estimate of drug-likeness (QED) is 0.722. The monoisotopic (exact) mass is 256 g/mol. The maximum Gasteiger partial charge on any atom is 0.0521 e. The molecule has 0 bridgehead atoms. The first-order valence-corrected chi connectivity index (χ1v) is 7.74. The molecule has 0 aromatic carbocycles. The summed E-state index contributed by atoms with van der Waals surface area (Å²) >= 11 is 0. The lowest BCUT2D eigenvalue weighted by Crippen LogP contribution is -2.49. The minimum absolute atomic E-state index is 0.638. The average Bonchev–Trinajstić information content (AvgIpc) is 2.37.